The van der Waals surface area contributed by atoms with Crippen molar-refractivity contribution in [1.29, 1.82) is 0 Å². The molecule has 1 unspecified atom stereocenters. The Morgan fingerprint density at radius 1 is 1.36 bits per heavy atom. The number of aliphatic hydroxyl groups is 1. The van der Waals surface area contributed by atoms with Crippen LogP contribution in [0.1, 0.15) is 22.2 Å². The molecule has 116 valence electrons. The third-order valence-corrected chi connectivity index (χ3v) is 3.24. The molecule has 3 N–H and O–H groups in total. The number of aliphatic hydroxyl groups excluding tert-OH is 1. The first-order valence-electron chi connectivity index (χ1n) is 6.44. The molecule has 2 aromatic rings. The monoisotopic (exact) mass is 324 g/mol. The average molecular weight is 325 g/mol. The summed E-state index contributed by atoms with van der Waals surface area (Å²) in [4.78, 5) is 11.3. The van der Waals surface area contributed by atoms with E-state index in [0.29, 0.717) is 11.4 Å². The van der Waals surface area contributed by atoms with Gasteiger partial charge in [-0.2, -0.15) is 0 Å². The molecule has 22 heavy (non-hydrogen) atoms. The first kappa shape index (κ1) is 16.1. The molecular weight excluding hydrogens is 311 g/mol. The molecule has 0 saturated carbocycles. The Hall–Kier alpha value is -2.25. The minimum Gasteiger partial charge on any atom is -0.387 e. The zero-order valence-electron chi connectivity index (χ0n) is 11.7. The number of nitrogens with zero attached hydrogens (tertiary/aromatic N) is 2. The summed E-state index contributed by atoms with van der Waals surface area (Å²) >= 11 is 5.59. The van der Waals surface area contributed by atoms with Crippen LogP contribution in [-0.2, 0) is 0 Å². The Morgan fingerprint density at radius 3 is 2.73 bits per heavy atom. The maximum absolute atomic E-state index is 13.3. The van der Waals surface area contributed by atoms with Crippen LogP contribution < -0.4 is 10.6 Å². The normalized spacial score (nSPS) is 11.8. The number of benzene rings is 1. The van der Waals surface area contributed by atoms with Crippen molar-refractivity contribution in [3.05, 3.63) is 52.4 Å². The molecule has 1 aromatic heterocycles. The van der Waals surface area contributed by atoms with Crippen LogP contribution in [0, 0.1) is 5.82 Å². The second kappa shape index (κ2) is 7.15. The van der Waals surface area contributed by atoms with Crippen molar-refractivity contribution in [2.24, 2.45) is 0 Å². The van der Waals surface area contributed by atoms with Crippen LogP contribution in [0.25, 0.3) is 0 Å². The third kappa shape index (κ3) is 3.90. The van der Waals surface area contributed by atoms with Gasteiger partial charge in [0.15, 0.2) is 5.69 Å². The summed E-state index contributed by atoms with van der Waals surface area (Å²) in [6, 6.07) is 7.16. The van der Waals surface area contributed by atoms with Gasteiger partial charge in [0.2, 0.25) is 0 Å². The van der Waals surface area contributed by atoms with Crippen LogP contribution in [0.5, 0.6) is 0 Å². The second-order valence-corrected chi connectivity index (χ2v) is 4.86. The van der Waals surface area contributed by atoms with E-state index in [1.807, 2.05) is 0 Å². The number of aromatic nitrogens is 2. The summed E-state index contributed by atoms with van der Waals surface area (Å²) in [5, 5.41) is 22.8. The number of rotatable bonds is 5. The van der Waals surface area contributed by atoms with Crippen LogP contribution in [0.15, 0.2) is 30.3 Å². The fraction of sp³-hybridized carbons (Fsp3) is 0.214. The number of anilines is 1. The molecular formula is C14H14ClFN4O2. The first-order chi connectivity index (χ1) is 10.5. The number of carbonyl (C=O) groups is 1. The van der Waals surface area contributed by atoms with Crippen molar-refractivity contribution in [3.8, 4) is 0 Å². The van der Waals surface area contributed by atoms with Gasteiger partial charge in [0, 0.05) is 13.6 Å². The lowest BCUT2D eigenvalue weighted by molar-refractivity contribution is 0.0957. The van der Waals surface area contributed by atoms with Crippen molar-refractivity contribution in [2.45, 2.75) is 6.10 Å². The Kier molecular flexibility index (Phi) is 5.24. The first-order valence-corrected chi connectivity index (χ1v) is 6.81. The largest absolute Gasteiger partial charge is 0.387 e. The van der Waals surface area contributed by atoms with Crippen molar-refractivity contribution < 1.29 is 14.3 Å². The number of nitrogens with one attached hydrogen (secondary N) is 2. The van der Waals surface area contributed by atoms with Crippen LogP contribution in [0.3, 0.4) is 0 Å². The van der Waals surface area contributed by atoms with E-state index in [-0.39, 0.29) is 23.2 Å². The fourth-order valence-electron chi connectivity index (χ4n) is 1.71. The molecule has 0 aliphatic heterocycles. The van der Waals surface area contributed by atoms with Crippen LogP contribution in [0.2, 0.25) is 5.02 Å². The number of amides is 1. The lowest BCUT2D eigenvalue weighted by Gasteiger charge is -2.13. The van der Waals surface area contributed by atoms with E-state index in [0.717, 1.165) is 0 Å². The molecule has 1 amide bonds. The topological polar surface area (TPSA) is 87.1 Å². The van der Waals surface area contributed by atoms with Crippen molar-refractivity contribution in [1.82, 2.24) is 15.5 Å². The molecule has 0 spiro atoms. The van der Waals surface area contributed by atoms with Gasteiger partial charge in [0.25, 0.3) is 5.91 Å². The molecule has 0 bridgehead atoms. The van der Waals surface area contributed by atoms with E-state index in [2.05, 4.69) is 20.8 Å². The molecule has 0 saturated heterocycles. The SMILES string of the molecule is CNC(=O)c1ccc(NCC(O)c2ccc(Cl)c(F)c2)nn1. The van der Waals surface area contributed by atoms with Gasteiger partial charge < -0.3 is 15.7 Å². The van der Waals surface area contributed by atoms with Gasteiger partial charge in [-0.3, -0.25) is 4.79 Å². The van der Waals surface area contributed by atoms with Crippen LogP contribution in [-0.4, -0.2) is 34.8 Å². The van der Waals surface area contributed by atoms with Gasteiger partial charge in [-0.05, 0) is 29.8 Å². The molecule has 0 fully saturated rings. The lowest BCUT2D eigenvalue weighted by Crippen LogP contribution is -2.20. The summed E-state index contributed by atoms with van der Waals surface area (Å²) in [7, 11) is 1.50. The van der Waals surface area contributed by atoms with Gasteiger partial charge in [0.05, 0.1) is 11.1 Å². The Bertz CT molecular complexity index is 666. The molecule has 1 heterocycles. The Labute approximate surface area is 131 Å². The molecule has 0 radical (unpaired) electrons. The van der Waals surface area contributed by atoms with E-state index in [1.165, 1.54) is 31.3 Å². The maximum atomic E-state index is 13.3. The van der Waals surface area contributed by atoms with Crippen LogP contribution >= 0.6 is 11.6 Å². The predicted octanol–water partition coefficient (Wildman–Crippen LogP) is 1.77. The molecule has 2 rings (SSSR count). The number of hydrogen-bond donors (Lipinski definition) is 3. The van der Waals surface area contributed by atoms with Crippen molar-refractivity contribution in [2.75, 3.05) is 18.9 Å². The highest BCUT2D eigenvalue weighted by molar-refractivity contribution is 6.30. The van der Waals surface area contributed by atoms with E-state index in [4.69, 9.17) is 11.6 Å². The summed E-state index contributed by atoms with van der Waals surface area (Å²) in [5.74, 6) is -0.537. The summed E-state index contributed by atoms with van der Waals surface area (Å²) in [6.07, 6.45) is -0.938. The zero-order valence-corrected chi connectivity index (χ0v) is 12.4. The minimum atomic E-state index is -0.938. The highest BCUT2D eigenvalue weighted by Gasteiger charge is 2.11. The highest BCUT2D eigenvalue weighted by Crippen LogP contribution is 2.20. The number of halogens is 2. The molecule has 8 heteroatoms. The maximum Gasteiger partial charge on any atom is 0.271 e. The van der Waals surface area contributed by atoms with Crippen molar-refractivity contribution in [3.63, 3.8) is 0 Å². The second-order valence-electron chi connectivity index (χ2n) is 4.45. The van der Waals surface area contributed by atoms with Crippen LogP contribution in [0.4, 0.5) is 10.2 Å². The fourth-order valence-corrected chi connectivity index (χ4v) is 1.83. The van der Waals surface area contributed by atoms with E-state index < -0.39 is 11.9 Å². The zero-order chi connectivity index (χ0) is 16.1. The quantitative estimate of drug-likeness (QED) is 0.780. The Balaban J connectivity index is 1.97. The summed E-state index contributed by atoms with van der Waals surface area (Å²) < 4.78 is 13.3. The van der Waals surface area contributed by atoms with Gasteiger partial charge in [-0.1, -0.05) is 17.7 Å². The molecule has 1 aromatic carbocycles. The molecule has 0 aliphatic rings. The van der Waals surface area contributed by atoms with Gasteiger partial charge in [-0.25, -0.2) is 4.39 Å². The standard InChI is InChI=1S/C14H14ClFN4O2/c1-17-14(22)11-4-5-13(20-19-11)18-7-12(21)8-2-3-9(15)10(16)6-8/h2-6,12,21H,7H2,1H3,(H,17,22)(H,18,20). The molecule has 0 aliphatic carbocycles. The smallest absolute Gasteiger partial charge is 0.271 e. The van der Waals surface area contributed by atoms with Crippen molar-refractivity contribution >= 4 is 23.3 Å². The Morgan fingerprint density at radius 2 is 2.14 bits per heavy atom. The average Bonchev–Trinajstić information content (AvgIpc) is 2.54. The van der Waals surface area contributed by atoms with Gasteiger partial charge in [-0.15, -0.1) is 10.2 Å². The molecule has 1 atom stereocenters. The van der Waals surface area contributed by atoms with Gasteiger partial charge >= 0.3 is 0 Å². The number of carbonyl (C=O) groups excluding carboxylic acids is 1. The number of hydrogen-bond acceptors (Lipinski definition) is 5. The lowest BCUT2D eigenvalue weighted by atomic mass is 10.1. The van der Waals surface area contributed by atoms with E-state index in [9.17, 15) is 14.3 Å². The molecule has 6 nitrogen and oxygen atoms in total. The minimum absolute atomic E-state index is 0.000402. The predicted molar refractivity (Wildman–Crippen MR) is 80.3 cm³/mol. The van der Waals surface area contributed by atoms with Gasteiger partial charge in [0.1, 0.15) is 11.6 Å². The third-order valence-electron chi connectivity index (χ3n) is 2.93. The van der Waals surface area contributed by atoms with E-state index >= 15 is 0 Å². The summed E-state index contributed by atoms with van der Waals surface area (Å²) in [5.41, 5.74) is 0.581. The highest BCUT2D eigenvalue weighted by atomic mass is 35.5. The summed E-state index contributed by atoms with van der Waals surface area (Å²) in [6.45, 7) is 0.106. The van der Waals surface area contributed by atoms with E-state index in [1.54, 1.807) is 6.07 Å².